The molecule has 1 amide bonds. The number of halogens is 2. The van der Waals surface area contributed by atoms with Gasteiger partial charge in [-0.3, -0.25) is 4.79 Å². The van der Waals surface area contributed by atoms with Crippen molar-refractivity contribution in [3.63, 3.8) is 0 Å². The summed E-state index contributed by atoms with van der Waals surface area (Å²) in [6.45, 7) is 0.189. The quantitative estimate of drug-likeness (QED) is 0.906. The third kappa shape index (κ3) is 3.56. The van der Waals surface area contributed by atoms with E-state index in [-0.39, 0.29) is 23.1 Å². The number of benzene rings is 1. The summed E-state index contributed by atoms with van der Waals surface area (Å²) in [5.41, 5.74) is 6.30. The SMILES string of the molecule is COc1cccc(Cl)c1CNC(=O)c1nc(N)ccc1Cl. The molecule has 0 aliphatic heterocycles. The summed E-state index contributed by atoms with van der Waals surface area (Å²) in [6, 6.07) is 8.30. The van der Waals surface area contributed by atoms with Gasteiger partial charge in [-0.2, -0.15) is 0 Å². The van der Waals surface area contributed by atoms with E-state index in [0.717, 1.165) is 0 Å². The van der Waals surface area contributed by atoms with Crippen LogP contribution in [0.2, 0.25) is 10.0 Å². The van der Waals surface area contributed by atoms with Gasteiger partial charge >= 0.3 is 0 Å². The van der Waals surface area contributed by atoms with Crippen LogP contribution in [0.15, 0.2) is 30.3 Å². The van der Waals surface area contributed by atoms with E-state index in [4.69, 9.17) is 33.7 Å². The van der Waals surface area contributed by atoms with Crippen molar-refractivity contribution in [2.75, 3.05) is 12.8 Å². The van der Waals surface area contributed by atoms with Gasteiger partial charge in [0.05, 0.1) is 12.1 Å². The number of anilines is 1. The van der Waals surface area contributed by atoms with Gasteiger partial charge in [-0.05, 0) is 24.3 Å². The third-order valence-corrected chi connectivity index (χ3v) is 3.46. The monoisotopic (exact) mass is 325 g/mol. The van der Waals surface area contributed by atoms with Crippen LogP contribution in [0, 0.1) is 0 Å². The Bertz CT molecular complexity index is 677. The first kappa shape index (κ1) is 15.4. The molecule has 0 aliphatic carbocycles. The normalized spacial score (nSPS) is 10.2. The molecule has 0 saturated heterocycles. The molecule has 0 radical (unpaired) electrons. The lowest BCUT2D eigenvalue weighted by Crippen LogP contribution is -2.25. The third-order valence-electron chi connectivity index (χ3n) is 2.80. The molecule has 0 bridgehead atoms. The van der Waals surface area contributed by atoms with E-state index in [1.165, 1.54) is 19.2 Å². The number of methoxy groups -OCH3 is 1. The number of pyridine rings is 1. The molecular formula is C14H13Cl2N3O2. The minimum atomic E-state index is -0.436. The second kappa shape index (κ2) is 6.65. The van der Waals surface area contributed by atoms with Crippen molar-refractivity contribution < 1.29 is 9.53 Å². The lowest BCUT2D eigenvalue weighted by molar-refractivity contribution is 0.0946. The molecule has 1 heterocycles. The summed E-state index contributed by atoms with van der Waals surface area (Å²) < 4.78 is 5.21. The largest absolute Gasteiger partial charge is 0.496 e. The Hall–Kier alpha value is -1.98. The van der Waals surface area contributed by atoms with Crippen molar-refractivity contribution in [2.45, 2.75) is 6.54 Å². The number of amides is 1. The zero-order chi connectivity index (χ0) is 15.4. The van der Waals surface area contributed by atoms with E-state index < -0.39 is 5.91 Å². The Balaban J connectivity index is 2.17. The molecule has 2 rings (SSSR count). The molecule has 21 heavy (non-hydrogen) atoms. The maximum Gasteiger partial charge on any atom is 0.271 e. The second-order valence-corrected chi connectivity index (χ2v) is 4.98. The van der Waals surface area contributed by atoms with Crippen LogP contribution in [-0.4, -0.2) is 18.0 Å². The number of nitrogen functional groups attached to an aromatic ring is 1. The van der Waals surface area contributed by atoms with Crippen molar-refractivity contribution in [3.05, 3.63) is 51.6 Å². The summed E-state index contributed by atoms with van der Waals surface area (Å²) in [6.07, 6.45) is 0. The van der Waals surface area contributed by atoms with Crippen molar-refractivity contribution in [3.8, 4) is 5.75 Å². The zero-order valence-corrected chi connectivity index (χ0v) is 12.7. The molecule has 0 atom stereocenters. The highest BCUT2D eigenvalue weighted by Crippen LogP contribution is 2.26. The number of rotatable bonds is 4. The fourth-order valence-corrected chi connectivity index (χ4v) is 2.19. The van der Waals surface area contributed by atoms with E-state index >= 15 is 0 Å². The second-order valence-electron chi connectivity index (χ2n) is 4.17. The van der Waals surface area contributed by atoms with Gasteiger partial charge in [-0.25, -0.2) is 4.98 Å². The highest BCUT2D eigenvalue weighted by Gasteiger charge is 2.14. The van der Waals surface area contributed by atoms with Crippen LogP contribution in [0.4, 0.5) is 5.82 Å². The van der Waals surface area contributed by atoms with Crippen molar-refractivity contribution in [1.29, 1.82) is 0 Å². The van der Waals surface area contributed by atoms with Crippen molar-refractivity contribution in [2.24, 2.45) is 0 Å². The van der Waals surface area contributed by atoms with Gasteiger partial charge in [0.1, 0.15) is 17.3 Å². The van der Waals surface area contributed by atoms with E-state index in [0.29, 0.717) is 16.3 Å². The van der Waals surface area contributed by atoms with E-state index in [2.05, 4.69) is 10.3 Å². The van der Waals surface area contributed by atoms with Gasteiger partial charge < -0.3 is 15.8 Å². The molecule has 0 saturated carbocycles. The average molecular weight is 326 g/mol. The van der Waals surface area contributed by atoms with E-state index in [1.54, 1.807) is 18.2 Å². The van der Waals surface area contributed by atoms with E-state index in [1.807, 2.05) is 0 Å². The number of hydrogen-bond donors (Lipinski definition) is 2. The molecule has 2 aromatic rings. The number of ether oxygens (including phenoxy) is 1. The number of nitrogens with one attached hydrogen (secondary N) is 1. The maximum atomic E-state index is 12.1. The summed E-state index contributed by atoms with van der Waals surface area (Å²) in [7, 11) is 1.54. The molecule has 0 spiro atoms. The summed E-state index contributed by atoms with van der Waals surface area (Å²) in [4.78, 5) is 16.0. The molecule has 0 fully saturated rings. The van der Waals surface area contributed by atoms with Crippen LogP contribution in [0.5, 0.6) is 5.75 Å². The van der Waals surface area contributed by atoms with Gasteiger partial charge in [0.25, 0.3) is 5.91 Å². The average Bonchev–Trinajstić information content (AvgIpc) is 2.47. The molecule has 5 nitrogen and oxygen atoms in total. The minimum Gasteiger partial charge on any atom is -0.496 e. The number of aromatic nitrogens is 1. The Kier molecular flexibility index (Phi) is 4.88. The number of nitrogens with zero attached hydrogens (tertiary/aromatic N) is 1. The van der Waals surface area contributed by atoms with Crippen molar-refractivity contribution in [1.82, 2.24) is 10.3 Å². The number of carbonyl (C=O) groups is 1. The Morgan fingerprint density at radius 1 is 1.29 bits per heavy atom. The lowest BCUT2D eigenvalue weighted by atomic mass is 10.2. The predicted octanol–water partition coefficient (Wildman–Crippen LogP) is 2.91. The molecule has 1 aromatic heterocycles. The highest BCUT2D eigenvalue weighted by molar-refractivity contribution is 6.33. The molecule has 0 unspecified atom stereocenters. The highest BCUT2D eigenvalue weighted by atomic mass is 35.5. The smallest absolute Gasteiger partial charge is 0.271 e. The van der Waals surface area contributed by atoms with E-state index in [9.17, 15) is 4.79 Å². The van der Waals surface area contributed by atoms with Gasteiger partial charge in [0.2, 0.25) is 0 Å². The fraction of sp³-hybridized carbons (Fsp3) is 0.143. The molecule has 0 aliphatic rings. The first-order valence-electron chi connectivity index (χ1n) is 6.04. The first-order chi connectivity index (χ1) is 10.0. The van der Waals surface area contributed by atoms with Crippen LogP contribution < -0.4 is 15.8 Å². The number of carbonyl (C=O) groups excluding carboxylic acids is 1. The molecule has 110 valence electrons. The molecule has 7 heteroatoms. The molecule has 1 aromatic carbocycles. The molecular weight excluding hydrogens is 313 g/mol. The van der Waals surface area contributed by atoms with Gasteiger partial charge in [0.15, 0.2) is 0 Å². The van der Waals surface area contributed by atoms with Crippen molar-refractivity contribution >= 4 is 34.9 Å². The van der Waals surface area contributed by atoms with Crippen LogP contribution in [0.25, 0.3) is 0 Å². The van der Waals surface area contributed by atoms with Gasteiger partial charge in [-0.15, -0.1) is 0 Å². The Labute approximate surface area is 132 Å². The minimum absolute atomic E-state index is 0.0719. The van der Waals surface area contributed by atoms with Gasteiger partial charge in [-0.1, -0.05) is 29.3 Å². The summed E-state index contributed by atoms with van der Waals surface area (Å²) in [5.74, 6) is 0.378. The molecule has 3 N–H and O–H groups in total. The fourth-order valence-electron chi connectivity index (χ4n) is 1.77. The predicted molar refractivity (Wildman–Crippen MR) is 82.8 cm³/mol. The first-order valence-corrected chi connectivity index (χ1v) is 6.80. The summed E-state index contributed by atoms with van der Waals surface area (Å²) in [5, 5.41) is 3.42. The summed E-state index contributed by atoms with van der Waals surface area (Å²) >= 11 is 12.0. The van der Waals surface area contributed by atoms with Crippen LogP contribution in [0.1, 0.15) is 16.1 Å². The Morgan fingerprint density at radius 2 is 2.05 bits per heavy atom. The maximum absolute atomic E-state index is 12.1. The standard InChI is InChI=1S/C14H13Cl2N3O2/c1-21-11-4-2-3-9(15)8(11)7-18-14(20)13-10(16)5-6-12(17)19-13/h2-6H,7H2,1H3,(H2,17,19)(H,18,20). The topological polar surface area (TPSA) is 77.2 Å². The zero-order valence-electron chi connectivity index (χ0n) is 11.2. The Morgan fingerprint density at radius 3 is 2.76 bits per heavy atom. The number of hydrogen-bond acceptors (Lipinski definition) is 4. The number of nitrogens with two attached hydrogens (primary N) is 1. The lowest BCUT2D eigenvalue weighted by Gasteiger charge is -2.11. The van der Waals surface area contributed by atoms with Crippen LogP contribution in [0.3, 0.4) is 0 Å². The van der Waals surface area contributed by atoms with Crippen LogP contribution >= 0.6 is 23.2 Å². The van der Waals surface area contributed by atoms with Gasteiger partial charge in [0, 0.05) is 17.1 Å². The van der Waals surface area contributed by atoms with Crippen LogP contribution in [-0.2, 0) is 6.54 Å².